The van der Waals surface area contributed by atoms with Gasteiger partial charge in [0.1, 0.15) is 18.3 Å². The van der Waals surface area contributed by atoms with Gasteiger partial charge < -0.3 is 25.4 Å². The molecule has 2 rings (SSSR count). The Morgan fingerprint density at radius 1 is 1.44 bits per heavy atom. The second kappa shape index (κ2) is 5.57. The molecule has 18 heavy (non-hydrogen) atoms. The number of nitrogens with zero attached hydrogens (tertiary/aromatic N) is 2. The number of rotatable bonds is 3. The molecule has 0 radical (unpaired) electrons. The van der Waals surface area contributed by atoms with E-state index in [2.05, 4.69) is 15.3 Å². The molecule has 2 heterocycles. The first kappa shape index (κ1) is 13.2. The number of aryl methyl sites for hydroxylation is 1. The Morgan fingerprint density at radius 3 is 2.89 bits per heavy atom. The maximum atomic E-state index is 9.91. The van der Waals surface area contributed by atoms with Crippen molar-refractivity contribution in [3.8, 4) is 0 Å². The van der Waals surface area contributed by atoms with Crippen LogP contribution < -0.4 is 5.32 Å². The molecular formula is C11H17N3O4. The number of aromatic nitrogens is 2. The van der Waals surface area contributed by atoms with E-state index in [-0.39, 0.29) is 13.2 Å². The van der Waals surface area contributed by atoms with Gasteiger partial charge in [-0.25, -0.2) is 9.97 Å². The summed E-state index contributed by atoms with van der Waals surface area (Å²) in [5.74, 6) is 0.372. The summed E-state index contributed by atoms with van der Waals surface area (Å²) in [6.45, 7) is 1.67. The van der Waals surface area contributed by atoms with Crippen molar-refractivity contribution in [2.45, 2.75) is 31.3 Å². The zero-order chi connectivity index (χ0) is 13.1. The van der Waals surface area contributed by atoms with Gasteiger partial charge in [0.25, 0.3) is 0 Å². The van der Waals surface area contributed by atoms with Gasteiger partial charge in [-0.15, -0.1) is 0 Å². The van der Waals surface area contributed by atoms with Crippen molar-refractivity contribution in [2.24, 2.45) is 0 Å². The minimum atomic E-state index is -1.13. The normalized spacial score (nSPS) is 32.2. The van der Waals surface area contributed by atoms with Crippen LogP contribution in [0, 0.1) is 6.92 Å². The lowest BCUT2D eigenvalue weighted by Gasteiger charge is -2.37. The summed E-state index contributed by atoms with van der Waals surface area (Å²) in [6, 6.07) is 1.25. The van der Waals surface area contributed by atoms with Crippen LogP contribution >= 0.6 is 0 Å². The van der Waals surface area contributed by atoms with E-state index in [1.54, 1.807) is 12.3 Å². The summed E-state index contributed by atoms with van der Waals surface area (Å²) < 4.78 is 5.25. The van der Waals surface area contributed by atoms with Crippen LogP contribution in [0.2, 0.25) is 0 Å². The van der Waals surface area contributed by atoms with Gasteiger partial charge in [0.15, 0.2) is 0 Å². The van der Waals surface area contributed by atoms with Crippen LogP contribution in [0.25, 0.3) is 0 Å². The quantitative estimate of drug-likeness (QED) is 0.530. The fourth-order valence-corrected chi connectivity index (χ4v) is 1.85. The molecule has 0 bridgehead atoms. The Bertz CT molecular complexity index is 404. The number of ether oxygens (including phenoxy) is 1. The van der Waals surface area contributed by atoms with Crippen molar-refractivity contribution in [1.29, 1.82) is 0 Å². The van der Waals surface area contributed by atoms with E-state index in [9.17, 15) is 10.2 Å². The summed E-state index contributed by atoms with van der Waals surface area (Å²) in [4.78, 5) is 8.16. The number of hydrogen-bond acceptors (Lipinski definition) is 7. The van der Waals surface area contributed by atoms with Gasteiger partial charge in [0, 0.05) is 11.9 Å². The zero-order valence-electron chi connectivity index (χ0n) is 10.0. The van der Waals surface area contributed by atoms with Crippen LogP contribution in [0.4, 0.5) is 5.95 Å². The van der Waals surface area contributed by atoms with Crippen LogP contribution in [-0.2, 0) is 4.74 Å². The topological polar surface area (TPSA) is 108 Å². The van der Waals surface area contributed by atoms with Crippen molar-refractivity contribution in [1.82, 2.24) is 9.97 Å². The molecule has 1 aliphatic heterocycles. The molecule has 0 aliphatic carbocycles. The third-order valence-corrected chi connectivity index (χ3v) is 2.92. The lowest BCUT2D eigenvalue weighted by atomic mass is 9.98. The van der Waals surface area contributed by atoms with E-state index in [1.807, 2.05) is 6.92 Å². The molecule has 0 aromatic carbocycles. The largest absolute Gasteiger partial charge is 0.394 e. The van der Waals surface area contributed by atoms with Gasteiger partial charge in [-0.1, -0.05) is 0 Å². The molecule has 4 N–H and O–H groups in total. The molecule has 1 aliphatic rings. The molecule has 1 saturated heterocycles. The van der Waals surface area contributed by atoms with Gasteiger partial charge in [-0.05, 0) is 13.0 Å². The Balaban J connectivity index is 2.02. The van der Waals surface area contributed by atoms with Crippen molar-refractivity contribution in [3.63, 3.8) is 0 Å². The highest BCUT2D eigenvalue weighted by Crippen LogP contribution is 2.17. The summed E-state index contributed by atoms with van der Waals surface area (Å²) in [7, 11) is 0. The van der Waals surface area contributed by atoms with Crippen LogP contribution in [0.15, 0.2) is 12.3 Å². The Hall–Kier alpha value is -1.28. The van der Waals surface area contributed by atoms with Crippen molar-refractivity contribution < 1.29 is 20.1 Å². The first-order valence-electron chi connectivity index (χ1n) is 5.76. The van der Waals surface area contributed by atoms with Crippen molar-refractivity contribution >= 4 is 5.95 Å². The van der Waals surface area contributed by atoms with Crippen LogP contribution in [0.5, 0.6) is 0 Å². The predicted octanol–water partition coefficient (Wildman–Crippen LogP) is -1.32. The van der Waals surface area contributed by atoms with E-state index in [0.717, 1.165) is 5.69 Å². The maximum Gasteiger partial charge on any atom is 0.223 e. The minimum absolute atomic E-state index is 0.167. The van der Waals surface area contributed by atoms with Gasteiger partial charge in [0.2, 0.25) is 5.95 Å². The first-order chi connectivity index (χ1) is 8.61. The van der Waals surface area contributed by atoms with E-state index in [4.69, 9.17) is 9.84 Å². The molecule has 7 heteroatoms. The SMILES string of the molecule is Cc1ccnc(N[C@H]2CO[C@H](CO)[C@H](O)[C@@H]2O)n1. The lowest BCUT2D eigenvalue weighted by Crippen LogP contribution is -2.56. The lowest BCUT2D eigenvalue weighted by molar-refractivity contribution is -0.152. The number of anilines is 1. The first-order valence-corrected chi connectivity index (χ1v) is 5.76. The van der Waals surface area contributed by atoms with Gasteiger partial charge in [0.05, 0.1) is 19.3 Å². The summed E-state index contributed by atoms with van der Waals surface area (Å²) >= 11 is 0. The minimum Gasteiger partial charge on any atom is -0.394 e. The fourth-order valence-electron chi connectivity index (χ4n) is 1.85. The van der Waals surface area contributed by atoms with Gasteiger partial charge >= 0.3 is 0 Å². The molecular weight excluding hydrogens is 238 g/mol. The molecule has 100 valence electrons. The standard InChI is InChI=1S/C11H17N3O4/c1-6-2-3-12-11(13-6)14-7-5-18-8(4-15)10(17)9(7)16/h2-3,7-10,15-17H,4-5H2,1H3,(H,12,13,14)/t7-,8+,9+,10-/m0/s1. The average molecular weight is 255 g/mol. The Morgan fingerprint density at radius 2 is 2.22 bits per heavy atom. The molecule has 4 atom stereocenters. The van der Waals surface area contributed by atoms with Crippen LogP contribution in [0.3, 0.4) is 0 Å². The molecule has 0 unspecified atom stereocenters. The highest BCUT2D eigenvalue weighted by atomic mass is 16.5. The van der Waals surface area contributed by atoms with Crippen molar-refractivity contribution in [2.75, 3.05) is 18.5 Å². The monoisotopic (exact) mass is 255 g/mol. The number of nitrogens with one attached hydrogen (secondary N) is 1. The summed E-state index contributed by atoms with van der Waals surface area (Å²) in [6.07, 6.45) is -1.32. The average Bonchev–Trinajstić information content (AvgIpc) is 2.35. The highest BCUT2D eigenvalue weighted by molar-refractivity contribution is 5.27. The number of aliphatic hydroxyl groups excluding tert-OH is 3. The van der Waals surface area contributed by atoms with Crippen molar-refractivity contribution in [3.05, 3.63) is 18.0 Å². The second-order valence-electron chi connectivity index (χ2n) is 4.31. The zero-order valence-corrected chi connectivity index (χ0v) is 10.0. The molecule has 7 nitrogen and oxygen atoms in total. The molecule has 1 fully saturated rings. The van der Waals surface area contributed by atoms with E-state index >= 15 is 0 Å². The highest BCUT2D eigenvalue weighted by Gasteiger charge is 2.38. The fraction of sp³-hybridized carbons (Fsp3) is 0.636. The Labute approximate surface area is 104 Å². The third kappa shape index (κ3) is 2.75. The molecule has 0 spiro atoms. The summed E-state index contributed by atoms with van der Waals surface area (Å²) in [5.41, 5.74) is 0.799. The molecule has 0 amide bonds. The second-order valence-corrected chi connectivity index (χ2v) is 4.31. The molecule has 1 aromatic heterocycles. The third-order valence-electron chi connectivity index (χ3n) is 2.92. The summed E-state index contributed by atoms with van der Waals surface area (Å²) in [5, 5.41) is 31.5. The van der Waals surface area contributed by atoms with Gasteiger partial charge in [-0.2, -0.15) is 0 Å². The van der Waals surface area contributed by atoms with E-state index < -0.39 is 24.4 Å². The molecule has 1 aromatic rings. The van der Waals surface area contributed by atoms with Gasteiger partial charge in [-0.3, -0.25) is 0 Å². The van der Waals surface area contributed by atoms with Crippen LogP contribution in [0.1, 0.15) is 5.69 Å². The van der Waals surface area contributed by atoms with E-state index in [0.29, 0.717) is 5.95 Å². The maximum absolute atomic E-state index is 9.91. The number of aliphatic hydroxyl groups is 3. The smallest absolute Gasteiger partial charge is 0.223 e. The number of hydrogen-bond donors (Lipinski definition) is 4. The predicted molar refractivity (Wildman–Crippen MR) is 63.0 cm³/mol. The molecule has 0 saturated carbocycles. The van der Waals surface area contributed by atoms with Crippen LogP contribution in [-0.4, -0.2) is 62.9 Å². The Kier molecular flexibility index (Phi) is 4.07. The van der Waals surface area contributed by atoms with E-state index in [1.165, 1.54) is 0 Å².